The lowest BCUT2D eigenvalue weighted by molar-refractivity contribution is -0.112. The highest BCUT2D eigenvalue weighted by atomic mass is 35.5. The van der Waals surface area contributed by atoms with Crippen molar-refractivity contribution in [3.8, 4) is 11.8 Å². The normalized spacial score (nSPS) is 10.9. The number of amides is 1. The molecule has 0 heterocycles. The molecular formula is C18H14Cl2N2O2. The molecule has 0 aliphatic heterocycles. The summed E-state index contributed by atoms with van der Waals surface area (Å²) in [5, 5.41) is 12.6. The number of carbonyl (C=O) groups is 1. The van der Waals surface area contributed by atoms with Gasteiger partial charge in [0, 0.05) is 5.69 Å². The fourth-order valence-corrected chi connectivity index (χ4v) is 2.31. The molecule has 1 amide bonds. The zero-order valence-electron chi connectivity index (χ0n) is 13.1. The first-order valence-corrected chi connectivity index (χ1v) is 7.73. The summed E-state index contributed by atoms with van der Waals surface area (Å²) < 4.78 is 5.14. The van der Waals surface area contributed by atoms with Gasteiger partial charge < -0.3 is 10.1 Å². The van der Waals surface area contributed by atoms with E-state index in [9.17, 15) is 10.1 Å². The monoisotopic (exact) mass is 360 g/mol. The van der Waals surface area contributed by atoms with E-state index in [0.29, 0.717) is 21.5 Å². The number of rotatable bonds is 4. The molecular weight excluding hydrogens is 347 g/mol. The van der Waals surface area contributed by atoms with Gasteiger partial charge in [-0.2, -0.15) is 5.26 Å². The van der Waals surface area contributed by atoms with Crippen LogP contribution >= 0.6 is 23.2 Å². The molecule has 0 fully saturated rings. The number of aryl methyl sites for hydroxylation is 1. The fraction of sp³-hybridized carbons (Fsp3) is 0.111. The van der Waals surface area contributed by atoms with Gasteiger partial charge in [0.15, 0.2) is 0 Å². The number of hydrogen-bond acceptors (Lipinski definition) is 3. The highest BCUT2D eigenvalue weighted by Crippen LogP contribution is 2.25. The fourth-order valence-electron chi connectivity index (χ4n) is 2.01. The van der Waals surface area contributed by atoms with Gasteiger partial charge in [0.05, 0.1) is 17.2 Å². The van der Waals surface area contributed by atoms with Crippen LogP contribution in [-0.4, -0.2) is 13.0 Å². The van der Waals surface area contributed by atoms with E-state index in [1.807, 2.05) is 19.1 Å². The molecule has 2 rings (SSSR count). The highest BCUT2D eigenvalue weighted by Gasteiger charge is 2.11. The third kappa shape index (κ3) is 4.29. The number of nitrogens with one attached hydrogen (secondary N) is 1. The maximum Gasteiger partial charge on any atom is 0.266 e. The Morgan fingerprint density at radius 1 is 1.21 bits per heavy atom. The lowest BCUT2D eigenvalue weighted by Gasteiger charge is -2.07. The predicted molar refractivity (Wildman–Crippen MR) is 96.4 cm³/mol. The van der Waals surface area contributed by atoms with Crippen LogP contribution in [0.2, 0.25) is 10.0 Å². The summed E-state index contributed by atoms with van der Waals surface area (Å²) in [5.74, 6) is 0.189. The minimum Gasteiger partial charge on any atom is -0.497 e. The maximum absolute atomic E-state index is 12.3. The molecule has 0 atom stereocenters. The Kier molecular flexibility index (Phi) is 5.86. The molecule has 0 unspecified atom stereocenters. The van der Waals surface area contributed by atoms with E-state index in [-0.39, 0.29) is 5.57 Å². The van der Waals surface area contributed by atoms with Crippen molar-refractivity contribution < 1.29 is 9.53 Å². The number of halogens is 2. The number of nitriles is 1. The number of hydrogen-bond donors (Lipinski definition) is 1. The number of ether oxygens (including phenoxy) is 1. The van der Waals surface area contributed by atoms with Crippen molar-refractivity contribution >= 4 is 40.9 Å². The van der Waals surface area contributed by atoms with E-state index >= 15 is 0 Å². The number of anilines is 1. The summed E-state index contributed by atoms with van der Waals surface area (Å²) in [5.41, 5.74) is 2.09. The Morgan fingerprint density at radius 2 is 1.96 bits per heavy atom. The van der Waals surface area contributed by atoms with Crippen LogP contribution in [0.5, 0.6) is 5.75 Å². The van der Waals surface area contributed by atoms with E-state index < -0.39 is 5.91 Å². The molecule has 0 saturated heterocycles. The molecule has 122 valence electrons. The Hall–Kier alpha value is -2.48. The van der Waals surface area contributed by atoms with Crippen molar-refractivity contribution in [1.29, 1.82) is 5.26 Å². The Labute approximate surface area is 150 Å². The van der Waals surface area contributed by atoms with Gasteiger partial charge in [0.1, 0.15) is 17.4 Å². The van der Waals surface area contributed by atoms with Crippen molar-refractivity contribution in [2.75, 3.05) is 12.4 Å². The smallest absolute Gasteiger partial charge is 0.266 e. The molecule has 0 saturated carbocycles. The standard InChI is InChI=1S/C18H14Cl2N2O2/c1-11-7-15(24-2)5-3-12(11)8-13(10-21)18(23)22-14-4-6-16(19)17(20)9-14/h3-9H,1-2H3,(H,22,23)/b13-8+. The van der Waals surface area contributed by atoms with Gasteiger partial charge in [0.2, 0.25) is 0 Å². The largest absolute Gasteiger partial charge is 0.497 e. The van der Waals surface area contributed by atoms with E-state index in [2.05, 4.69) is 5.32 Å². The molecule has 0 spiro atoms. The molecule has 0 radical (unpaired) electrons. The third-order valence-corrected chi connectivity index (χ3v) is 4.06. The van der Waals surface area contributed by atoms with Crippen molar-refractivity contribution in [3.05, 3.63) is 63.1 Å². The molecule has 2 aromatic rings. The average Bonchev–Trinajstić information content (AvgIpc) is 2.56. The molecule has 4 nitrogen and oxygen atoms in total. The lowest BCUT2D eigenvalue weighted by Crippen LogP contribution is -2.13. The summed E-state index contributed by atoms with van der Waals surface area (Å²) >= 11 is 11.8. The van der Waals surface area contributed by atoms with E-state index in [1.165, 1.54) is 12.1 Å². The summed E-state index contributed by atoms with van der Waals surface area (Å²) in [4.78, 5) is 12.3. The second-order valence-corrected chi connectivity index (χ2v) is 5.79. The molecule has 1 N–H and O–H groups in total. The SMILES string of the molecule is COc1ccc(/C=C(\C#N)C(=O)Nc2ccc(Cl)c(Cl)c2)c(C)c1. The summed E-state index contributed by atoms with van der Waals surface area (Å²) in [6.07, 6.45) is 1.53. The van der Waals surface area contributed by atoms with Crippen LogP contribution in [0.3, 0.4) is 0 Å². The van der Waals surface area contributed by atoms with Gasteiger partial charge in [-0.05, 0) is 54.5 Å². The predicted octanol–water partition coefficient (Wildman–Crippen LogP) is 4.86. The number of methoxy groups -OCH3 is 1. The highest BCUT2D eigenvalue weighted by molar-refractivity contribution is 6.42. The van der Waals surface area contributed by atoms with Gasteiger partial charge >= 0.3 is 0 Å². The minimum atomic E-state index is -0.522. The van der Waals surface area contributed by atoms with Gasteiger partial charge in [-0.1, -0.05) is 29.3 Å². The van der Waals surface area contributed by atoms with Gasteiger partial charge in [-0.15, -0.1) is 0 Å². The molecule has 6 heteroatoms. The zero-order chi connectivity index (χ0) is 17.7. The van der Waals surface area contributed by atoms with Crippen LogP contribution < -0.4 is 10.1 Å². The van der Waals surface area contributed by atoms with Crippen molar-refractivity contribution in [3.63, 3.8) is 0 Å². The first-order valence-electron chi connectivity index (χ1n) is 6.97. The Morgan fingerprint density at radius 3 is 2.54 bits per heavy atom. The van der Waals surface area contributed by atoms with E-state index in [4.69, 9.17) is 27.9 Å². The van der Waals surface area contributed by atoms with Crippen molar-refractivity contribution in [2.24, 2.45) is 0 Å². The minimum absolute atomic E-state index is 0.0191. The quantitative estimate of drug-likeness (QED) is 0.625. The summed E-state index contributed by atoms with van der Waals surface area (Å²) in [6.45, 7) is 1.88. The number of benzene rings is 2. The molecule has 2 aromatic carbocycles. The summed E-state index contributed by atoms with van der Waals surface area (Å²) in [7, 11) is 1.58. The van der Waals surface area contributed by atoms with Crippen molar-refractivity contribution in [1.82, 2.24) is 0 Å². The van der Waals surface area contributed by atoms with Crippen LogP contribution in [0.4, 0.5) is 5.69 Å². The number of carbonyl (C=O) groups excluding carboxylic acids is 1. The molecule has 24 heavy (non-hydrogen) atoms. The van der Waals surface area contributed by atoms with Crippen LogP contribution in [0.1, 0.15) is 11.1 Å². The average molecular weight is 361 g/mol. The van der Waals surface area contributed by atoms with E-state index in [1.54, 1.807) is 31.4 Å². The van der Waals surface area contributed by atoms with Crippen LogP contribution in [0.25, 0.3) is 6.08 Å². The Bertz CT molecular complexity index is 855. The van der Waals surface area contributed by atoms with Crippen LogP contribution in [-0.2, 0) is 4.79 Å². The third-order valence-electron chi connectivity index (χ3n) is 3.32. The maximum atomic E-state index is 12.3. The second kappa shape index (κ2) is 7.87. The van der Waals surface area contributed by atoms with Gasteiger partial charge in [-0.25, -0.2) is 0 Å². The van der Waals surface area contributed by atoms with Crippen LogP contribution in [0, 0.1) is 18.3 Å². The molecule has 0 aromatic heterocycles. The summed E-state index contributed by atoms with van der Waals surface area (Å²) in [6, 6.07) is 12.0. The lowest BCUT2D eigenvalue weighted by atomic mass is 10.1. The van der Waals surface area contributed by atoms with Crippen molar-refractivity contribution in [2.45, 2.75) is 6.92 Å². The Balaban J connectivity index is 2.25. The number of nitrogens with zero attached hydrogens (tertiary/aromatic N) is 1. The zero-order valence-corrected chi connectivity index (χ0v) is 14.6. The topological polar surface area (TPSA) is 62.1 Å². The first kappa shape index (κ1) is 17.9. The molecule has 0 aliphatic rings. The molecule has 0 bridgehead atoms. The molecule has 0 aliphatic carbocycles. The van der Waals surface area contributed by atoms with Crippen LogP contribution in [0.15, 0.2) is 42.0 Å². The van der Waals surface area contributed by atoms with Gasteiger partial charge in [0.25, 0.3) is 5.91 Å². The first-order chi connectivity index (χ1) is 11.4. The van der Waals surface area contributed by atoms with E-state index in [0.717, 1.165) is 11.1 Å². The second-order valence-electron chi connectivity index (χ2n) is 4.98. The van der Waals surface area contributed by atoms with Gasteiger partial charge in [-0.3, -0.25) is 4.79 Å².